The molecular formula is C30H35Cl2N3O5S. The molecule has 0 aliphatic rings. The monoisotopic (exact) mass is 619 g/mol. The molecule has 0 aliphatic heterocycles. The van der Waals surface area contributed by atoms with Crippen LogP contribution in [0.4, 0.5) is 5.69 Å². The highest BCUT2D eigenvalue weighted by Gasteiger charge is 2.35. The number of methoxy groups -OCH3 is 1. The highest BCUT2D eigenvalue weighted by atomic mass is 35.5. The summed E-state index contributed by atoms with van der Waals surface area (Å²) in [7, 11) is -2.71. The molecule has 3 rings (SSSR count). The number of carbonyl (C=O) groups excluding carboxylic acids is 2. The van der Waals surface area contributed by atoms with Crippen molar-refractivity contribution < 1.29 is 22.7 Å². The van der Waals surface area contributed by atoms with E-state index in [-0.39, 0.29) is 33.1 Å². The van der Waals surface area contributed by atoms with Crippen molar-refractivity contribution >= 4 is 50.7 Å². The lowest BCUT2D eigenvalue weighted by molar-refractivity contribution is -0.141. The van der Waals surface area contributed by atoms with E-state index in [9.17, 15) is 18.0 Å². The molecule has 1 atom stereocenters. The molecule has 0 fully saturated rings. The van der Waals surface area contributed by atoms with Gasteiger partial charge in [0.1, 0.15) is 18.3 Å². The van der Waals surface area contributed by atoms with Crippen molar-refractivity contribution in [3.63, 3.8) is 0 Å². The third-order valence-electron chi connectivity index (χ3n) is 6.21. The Morgan fingerprint density at radius 2 is 1.59 bits per heavy atom. The van der Waals surface area contributed by atoms with Crippen LogP contribution in [0.25, 0.3) is 0 Å². The van der Waals surface area contributed by atoms with Crippen molar-refractivity contribution in [1.82, 2.24) is 10.2 Å². The van der Waals surface area contributed by atoms with E-state index in [0.717, 1.165) is 9.87 Å². The van der Waals surface area contributed by atoms with Gasteiger partial charge < -0.3 is 15.0 Å². The SMILES string of the molecule is CC[C@H](C(=O)NC(C)(C)C)N(Cc1ccc(OC)cc1)C(=O)CN(c1cccc(Cl)c1Cl)S(=O)(=O)c1ccccc1. The summed E-state index contributed by atoms with van der Waals surface area (Å²) in [5.74, 6) is -0.299. The van der Waals surface area contributed by atoms with Crippen LogP contribution in [0.1, 0.15) is 39.7 Å². The number of halogens is 2. The molecule has 3 aromatic rings. The maximum atomic E-state index is 14.1. The van der Waals surface area contributed by atoms with Gasteiger partial charge in [0, 0.05) is 12.1 Å². The van der Waals surface area contributed by atoms with Crippen LogP contribution in [0.3, 0.4) is 0 Å². The summed E-state index contributed by atoms with van der Waals surface area (Å²) < 4.78 is 34.0. The molecule has 0 saturated heterocycles. The average Bonchev–Trinajstić information content (AvgIpc) is 2.93. The lowest BCUT2D eigenvalue weighted by Gasteiger charge is -2.35. The number of carbonyl (C=O) groups is 2. The van der Waals surface area contributed by atoms with Gasteiger partial charge >= 0.3 is 0 Å². The molecule has 0 unspecified atom stereocenters. The van der Waals surface area contributed by atoms with Crippen LogP contribution < -0.4 is 14.4 Å². The van der Waals surface area contributed by atoms with Crippen LogP contribution in [-0.2, 0) is 26.2 Å². The highest BCUT2D eigenvalue weighted by molar-refractivity contribution is 7.92. The van der Waals surface area contributed by atoms with Gasteiger partial charge in [-0.2, -0.15) is 0 Å². The minimum atomic E-state index is -4.26. The first-order valence-corrected chi connectivity index (χ1v) is 15.2. The second-order valence-corrected chi connectivity index (χ2v) is 13.1. The van der Waals surface area contributed by atoms with Crippen molar-refractivity contribution in [3.05, 3.63) is 88.4 Å². The van der Waals surface area contributed by atoms with Gasteiger partial charge in [0.05, 0.1) is 27.7 Å². The zero-order chi connectivity index (χ0) is 30.4. The third-order valence-corrected chi connectivity index (χ3v) is 8.79. The number of rotatable bonds is 11. The van der Waals surface area contributed by atoms with E-state index < -0.39 is 34.1 Å². The van der Waals surface area contributed by atoms with Crippen LogP contribution in [0.15, 0.2) is 77.7 Å². The predicted molar refractivity (Wildman–Crippen MR) is 163 cm³/mol. The van der Waals surface area contributed by atoms with E-state index in [1.54, 1.807) is 62.6 Å². The van der Waals surface area contributed by atoms with Crippen LogP contribution in [0.2, 0.25) is 10.0 Å². The molecule has 41 heavy (non-hydrogen) atoms. The van der Waals surface area contributed by atoms with Crippen LogP contribution in [-0.4, -0.2) is 50.4 Å². The first-order chi connectivity index (χ1) is 19.3. The highest BCUT2D eigenvalue weighted by Crippen LogP contribution is 2.35. The van der Waals surface area contributed by atoms with Gasteiger partial charge in [-0.15, -0.1) is 0 Å². The van der Waals surface area contributed by atoms with E-state index in [1.807, 2.05) is 20.8 Å². The van der Waals surface area contributed by atoms with Crippen molar-refractivity contribution in [2.45, 2.75) is 57.1 Å². The average molecular weight is 621 g/mol. The summed E-state index contributed by atoms with van der Waals surface area (Å²) in [5, 5.41) is 3.07. The molecular weight excluding hydrogens is 585 g/mol. The molecule has 1 N–H and O–H groups in total. The number of amides is 2. The van der Waals surface area contributed by atoms with Crippen molar-refractivity contribution in [2.24, 2.45) is 0 Å². The van der Waals surface area contributed by atoms with Gasteiger partial charge in [0.2, 0.25) is 11.8 Å². The van der Waals surface area contributed by atoms with E-state index in [2.05, 4.69) is 5.32 Å². The largest absolute Gasteiger partial charge is 0.497 e. The van der Waals surface area contributed by atoms with Crippen molar-refractivity contribution in [2.75, 3.05) is 18.0 Å². The van der Waals surface area contributed by atoms with E-state index in [1.165, 1.54) is 29.2 Å². The van der Waals surface area contributed by atoms with Crippen LogP contribution >= 0.6 is 23.2 Å². The zero-order valence-electron chi connectivity index (χ0n) is 23.7. The number of hydrogen-bond acceptors (Lipinski definition) is 5. The van der Waals surface area contributed by atoms with Crippen molar-refractivity contribution in [1.29, 1.82) is 0 Å². The minimum absolute atomic E-state index is 0.0132. The van der Waals surface area contributed by atoms with Gasteiger partial charge in [-0.05, 0) is 69.2 Å². The number of benzene rings is 3. The number of anilines is 1. The molecule has 8 nitrogen and oxygen atoms in total. The number of ether oxygens (including phenoxy) is 1. The topological polar surface area (TPSA) is 96.0 Å². The molecule has 0 bridgehead atoms. The zero-order valence-corrected chi connectivity index (χ0v) is 26.1. The van der Waals surface area contributed by atoms with Crippen LogP contribution in [0.5, 0.6) is 5.75 Å². The smallest absolute Gasteiger partial charge is 0.264 e. The number of sulfonamides is 1. The van der Waals surface area contributed by atoms with Gasteiger partial charge in [0.15, 0.2) is 0 Å². The summed E-state index contributed by atoms with van der Waals surface area (Å²) >= 11 is 12.7. The van der Waals surface area contributed by atoms with Gasteiger partial charge in [0.25, 0.3) is 10.0 Å². The lowest BCUT2D eigenvalue weighted by atomic mass is 10.1. The van der Waals surface area contributed by atoms with E-state index >= 15 is 0 Å². The standard InChI is InChI=1S/C30H35Cl2N3O5S/c1-6-25(29(37)33-30(2,3)4)34(19-21-15-17-22(40-5)18-16-21)27(36)20-35(26-14-10-13-24(31)28(26)32)41(38,39)23-11-8-7-9-12-23/h7-18,25H,6,19-20H2,1-5H3,(H,33,37)/t25-/m1/s1. The summed E-state index contributed by atoms with van der Waals surface area (Å²) in [5.41, 5.74) is 0.239. The minimum Gasteiger partial charge on any atom is -0.497 e. The molecule has 0 aromatic heterocycles. The summed E-state index contributed by atoms with van der Waals surface area (Å²) in [6, 6.07) is 18.5. The van der Waals surface area contributed by atoms with E-state index in [0.29, 0.717) is 12.2 Å². The Balaban J connectivity index is 2.10. The summed E-state index contributed by atoms with van der Waals surface area (Å²) in [4.78, 5) is 28.9. The fourth-order valence-corrected chi connectivity index (χ4v) is 6.11. The number of nitrogens with zero attached hydrogens (tertiary/aromatic N) is 2. The van der Waals surface area contributed by atoms with Crippen LogP contribution in [0, 0.1) is 0 Å². The second kappa shape index (κ2) is 13.6. The normalized spacial score (nSPS) is 12.4. The van der Waals surface area contributed by atoms with E-state index in [4.69, 9.17) is 27.9 Å². The molecule has 0 heterocycles. The molecule has 0 spiro atoms. The quantitative estimate of drug-likeness (QED) is 0.287. The maximum Gasteiger partial charge on any atom is 0.264 e. The molecule has 3 aromatic carbocycles. The molecule has 0 radical (unpaired) electrons. The molecule has 0 saturated carbocycles. The second-order valence-electron chi connectivity index (χ2n) is 10.4. The Kier molecular flexibility index (Phi) is 10.7. The number of hydrogen-bond donors (Lipinski definition) is 1. The first kappa shape index (κ1) is 32.2. The fourth-order valence-electron chi connectivity index (χ4n) is 4.22. The third kappa shape index (κ3) is 8.15. The Labute approximate surface area is 252 Å². The Hall–Kier alpha value is -3.27. The Bertz CT molecular complexity index is 1460. The fraction of sp³-hybridized carbons (Fsp3) is 0.333. The number of nitrogens with one attached hydrogen (secondary N) is 1. The predicted octanol–water partition coefficient (Wildman–Crippen LogP) is 5.92. The summed E-state index contributed by atoms with van der Waals surface area (Å²) in [6.07, 6.45) is 0.299. The Morgan fingerprint density at radius 3 is 2.15 bits per heavy atom. The van der Waals surface area contributed by atoms with Gasteiger partial charge in [-0.25, -0.2) is 8.42 Å². The molecule has 220 valence electrons. The molecule has 2 amide bonds. The van der Waals surface area contributed by atoms with Crippen molar-refractivity contribution in [3.8, 4) is 5.75 Å². The molecule has 0 aliphatic carbocycles. The van der Waals surface area contributed by atoms with Gasteiger partial charge in [-0.1, -0.05) is 66.5 Å². The van der Waals surface area contributed by atoms with Gasteiger partial charge in [-0.3, -0.25) is 13.9 Å². The maximum absolute atomic E-state index is 14.1. The Morgan fingerprint density at radius 1 is 0.951 bits per heavy atom. The summed E-state index contributed by atoms with van der Waals surface area (Å²) in [6.45, 7) is 6.79. The molecule has 11 heteroatoms. The lowest BCUT2D eigenvalue weighted by Crippen LogP contribution is -2.55. The first-order valence-electron chi connectivity index (χ1n) is 13.0.